The minimum Gasteiger partial charge on any atom is -0.468 e. The first-order chi connectivity index (χ1) is 17.1. The van der Waals surface area contributed by atoms with Crippen molar-refractivity contribution in [2.45, 2.75) is 76.6 Å². The van der Waals surface area contributed by atoms with Crippen molar-refractivity contribution in [3.63, 3.8) is 0 Å². The van der Waals surface area contributed by atoms with Crippen molar-refractivity contribution >= 4 is 17.1 Å². The average Bonchev–Trinajstić information content (AvgIpc) is 3.11. The van der Waals surface area contributed by atoms with Gasteiger partial charge in [0.15, 0.2) is 6.61 Å². The van der Waals surface area contributed by atoms with Gasteiger partial charge in [-0.1, -0.05) is 6.07 Å². The zero-order valence-electron chi connectivity index (χ0n) is 20.6. The maximum atomic E-state index is 15.5. The second kappa shape index (κ2) is 11.5. The Morgan fingerprint density at radius 3 is 2.67 bits per heavy atom. The Balaban J connectivity index is 1.19. The highest BCUT2D eigenvalue weighted by Crippen LogP contribution is 2.39. The first kappa shape index (κ1) is 27.0. The number of Topliss-reactive ketones (excluding diaryl/α,β-unsaturated/α-hetero) is 1. The third kappa shape index (κ3) is 7.96. The van der Waals surface area contributed by atoms with Crippen LogP contribution in [-0.2, 0) is 24.1 Å². The smallest absolute Gasteiger partial charge is 0.422 e. The van der Waals surface area contributed by atoms with E-state index in [2.05, 4.69) is 14.9 Å². The normalized spacial score (nSPS) is 23.2. The first-order valence-corrected chi connectivity index (χ1v) is 13.4. The van der Waals surface area contributed by atoms with Gasteiger partial charge in [0.2, 0.25) is 5.88 Å². The number of thiazole rings is 1. The fourth-order valence-electron chi connectivity index (χ4n) is 5.15. The molecule has 0 atom stereocenters. The van der Waals surface area contributed by atoms with Crippen LogP contribution < -0.4 is 4.74 Å². The van der Waals surface area contributed by atoms with Gasteiger partial charge in [-0.3, -0.25) is 4.79 Å². The van der Waals surface area contributed by atoms with Crippen molar-refractivity contribution < 1.29 is 27.1 Å². The van der Waals surface area contributed by atoms with Gasteiger partial charge in [-0.05, 0) is 56.9 Å². The number of aryl methyl sites for hydroxylation is 1. The highest BCUT2D eigenvalue weighted by molar-refractivity contribution is 7.11. The molecule has 198 valence electrons. The number of alkyl halides is 4. The summed E-state index contributed by atoms with van der Waals surface area (Å²) in [6, 6.07) is 3.27. The van der Waals surface area contributed by atoms with Crippen LogP contribution in [0.2, 0.25) is 0 Å². The third-order valence-corrected chi connectivity index (χ3v) is 8.14. The van der Waals surface area contributed by atoms with Crippen molar-refractivity contribution in [1.82, 2.24) is 14.9 Å². The van der Waals surface area contributed by atoms with Crippen LogP contribution in [-0.4, -0.2) is 58.7 Å². The summed E-state index contributed by atoms with van der Waals surface area (Å²) >= 11 is 1.55. The molecule has 4 rings (SSSR count). The van der Waals surface area contributed by atoms with Gasteiger partial charge >= 0.3 is 6.18 Å². The maximum Gasteiger partial charge on any atom is 0.422 e. The molecule has 1 aliphatic carbocycles. The highest BCUT2D eigenvalue weighted by atomic mass is 32.1. The molecule has 1 saturated carbocycles. The molecule has 2 aliphatic rings. The van der Waals surface area contributed by atoms with Crippen molar-refractivity contribution in [3.05, 3.63) is 39.5 Å². The summed E-state index contributed by atoms with van der Waals surface area (Å²) in [4.78, 5) is 24.1. The summed E-state index contributed by atoms with van der Waals surface area (Å²) in [5, 5.41) is 0.960. The number of fused-ring (bicyclic) bond motifs is 1. The first-order valence-electron chi connectivity index (χ1n) is 12.6. The summed E-state index contributed by atoms with van der Waals surface area (Å²) in [7, 11) is 0. The second-order valence-corrected chi connectivity index (χ2v) is 11.4. The molecule has 0 N–H and O–H groups in total. The molecule has 0 aromatic carbocycles. The van der Waals surface area contributed by atoms with E-state index >= 15 is 4.39 Å². The van der Waals surface area contributed by atoms with Gasteiger partial charge in [0.25, 0.3) is 0 Å². The second-order valence-electron chi connectivity index (χ2n) is 10.1. The Kier molecular flexibility index (Phi) is 8.65. The number of pyridine rings is 1. The minimum absolute atomic E-state index is 0.0142. The van der Waals surface area contributed by atoms with E-state index in [0.29, 0.717) is 51.6 Å². The number of ketones is 1. The molecule has 0 spiro atoms. The summed E-state index contributed by atoms with van der Waals surface area (Å²) in [5.74, 6) is 0.447. The van der Waals surface area contributed by atoms with E-state index in [4.69, 9.17) is 4.74 Å². The molecule has 0 saturated heterocycles. The molecule has 0 bridgehead atoms. The molecule has 5 nitrogen and oxygen atoms in total. The third-order valence-electron chi connectivity index (χ3n) is 7.22. The number of carbonyl (C=O) groups is 1. The summed E-state index contributed by atoms with van der Waals surface area (Å²) in [6.07, 6.45) is 2.53. The highest BCUT2D eigenvalue weighted by Gasteiger charge is 2.36. The van der Waals surface area contributed by atoms with Crippen LogP contribution in [0.25, 0.3) is 0 Å². The Hall–Kier alpha value is -2.07. The van der Waals surface area contributed by atoms with E-state index in [1.54, 1.807) is 23.6 Å². The zero-order valence-corrected chi connectivity index (χ0v) is 21.4. The molecule has 36 heavy (non-hydrogen) atoms. The molecule has 2 aromatic rings. The van der Waals surface area contributed by atoms with Gasteiger partial charge < -0.3 is 9.64 Å². The van der Waals surface area contributed by atoms with E-state index in [0.717, 1.165) is 46.9 Å². The molecule has 1 fully saturated rings. The summed E-state index contributed by atoms with van der Waals surface area (Å²) < 4.78 is 57.6. The van der Waals surface area contributed by atoms with E-state index in [-0.39, 0.29) is 17.6 Å². The van der Waals surface area contributed by atoms with Crippen LogP contribution in [0.1, 0.15) is 59.7 Å². The van der Waals surface area contributed by atoms with E-state index < -0.39 is 18.5 Å². The number of ether oxygens (including phenoxy) is 1. The van der Waals surface area contributed by atoms with Crippen molar-refractivity contribution in [2.75, 3.05) is 26.2 Å². The Morgan fingerprint density at radius 1 is 1.22 bits per heavy atom. The van der Waals surface area contributed by atoms with Crippen LogP contribution in [0.4, 0.5) is 17.6 Å². The number of rotatable bonds is 9. The van der Waals surface area contributed by atoms with Crippen LogP contribution in [0, 0.1) is 12.8 Å². The maximum absolute atomic E-state index is 15.5. The lowest BCUT2D eigenvalue weighted by atomic mass is 9.76. The molecular weight excluding hydrogens is 494 g/mol. The average molecular weight is 528 g/mol. The number of carbonyl (C=O) groups excluding carboxylic acids is 1. The Morgan fingerprint density at radius 2 is 1.97 bits per heavy atom. The fourth-order valence-corrected chi connectivity index (χ4v) is 5.97. The lowest BCUT2D eigenvalue weighted by molar-refractivity contribution is -0.154. The van der Waals surface area contributed by atoms with E-state index in [9.17, 15) is 18.0 Å². The van der Waals surface area contributed by atoms with Gasteiger partial charge in [0.1, 0.15) is 11.5 Å². The number of nitrogens with zero attached hydrogens (tertiary/aromatic N) is 3. The quantitative estimate of drug-likeness (QED) is 0.393. The SMILES string of the molecule is Cc1ncc(CC(=O)CC2CCC(F)(CCN3CCc4ccc(OCC(F)(F)F)nc4CC3)CC2)s1. The molecule has 1 aliphatic heterocycles. The molecule has 0 unspecified atom stereocenters. The van der Waals surface area contributed by atoms with Crippen LogP contribution in [0.3, 0.4) is 0 Å². The van der Waals surface area contributed by atoms with Crippen LogP contribution in [0.15, 0.2) is 18.3 Å². The predicted octanol–water partition coefficient (Wildman–Crippen LogP) is 5.68. The van der Waals surface area contributed by atoms with Crippen molar-refractivity contribution in [3.8, 4) is 5.88 Å². The van der Waals surface area contributed by atoms with E-state index in [1.807, 2.05) is 6.92 Å². The zero-order chi connectivity index (χ0) is 25.8. The van der Waals surface area contributed by atoms with E-state index in [1.165, 1.54) is 6.07 Å². The summed E-state index contributed by atoms with van der Waals surface area (Å²) in [6.45, 7) is 2.66. The Labute approximate surface area is 213 Å². The standard InChI is InChI=1S/C26H33F4N3O2S/c1-18-31-16-22(36-18)15-21(34)14-19-4-8-25(27,9-5-19)10-13-33-11-6-20-2-3-24(32-23(20)7-12-33)35-17-26(28,29)30/h2-3,16,19H,4-15,17H2,1H3. The number of hydrogen-bond acceptors (Lipinski definition) is 6. The number of aromatic nitrogens is 2. The van der Waals surface area contributed by atoms with Gasteiger partial charge in [-0.15, -0.1) is 11.3 Å². The van der Waals surface area contributed by atoms with Crippen molar-refractivity contribution in [2.24, 2.45) is 5.92 Å². The predicted molar refractivity (Wildman–Crippen MR) is 130 cm³/mol. The topological polar surface area (TPSA) is 55.3 Å². The van der Waals surface area contributed by atoms with Crippen LogP contribution >= 0.6 is 11.3 Å². The van der Waals surface area contributed by atoms with Gasteiger partial charge in [0.05, 0.1) is 5.01 Å². The summed E-state index contributed by atoms with van der Waals surface area (Å²) in [5.41, 5.74) is 0.556. The molecule has 3 heterocycles. The van der Waals surface area contributed by atoms with Gasteiger partial charge in [0, 0.05) is 61.7 Å². The van der Waals surface area contributed by atoms with Gasteiger partial charge in [-0.2, -0.15) is 13.2 Å². The minimum atomic E-state index is -4.40. The largest absolute Gasteiger partial charge is 0.468 e. The Bertz CT molecular complexity index is 1030. The van der Waals surface area contributed by atoms with Crippen LogP contribution in [0.5, 0.6) is 5.88 Å². The monoisotopic (exact) mass is 527 g/mol. The van der Waals surface area contributed by atoms with Gasteiger partial charge in [-0.25, -0.2) is 14.4 Å². The lowest BCUT2D eigenvalue weighted by Crippen LogP contribution is -2.36. The number of halogens is 4. The number of hydrogen-bond donors (Lipinski definition) is 0. The molecular formula is C26H33F4N3O2S. The van der Waals surface area contributed by atoms with Crippen molar-refractivity contribution in [1.29, 1.82) is 0 Å². The molecule has 0 amide bonds. The molecule has 2 aromatic heterocycles. The lowest BCUT2D eigenvalue weighted by Gasteiger charge is -2.35. The fraction of sp³-hybridized carbons (Fsp3) is 0.654. The molecule has 10 heteroatoms. The molecule has 0 radical (unpaired) electrons.